The minimum Gasteiger partial charge on any atom is -0.546 e. The molecule has 1 aliphatic rings. The van der Waals surface area contributed by atoms with E-state index in [2.05, 4.69) is 16.7 Å². The van der Waals surface area contributed by atoms with Gasteiger partial charge in [0.15, 0.2) is 0 Å². The summed E-state index contributed by atoms with van der Waals surface area (Å²) in [7, 11) is 0. The summed E-state index contributed by atoms with van der Waals surface area (Å²) < 4.78 is 30.1. The van der Waals surface area contributed by atoms with Crippen molar-refractivity contribution in [1.29, 1.82) is 0 Å². The van der Waals surface area contributed by atoms with E-state index < -0.39 is 12.6 Å². The summed E-state index contributed by atoms with van der Waals surface area (Å²) in [5.74, 6) is 5.95. The van der Waals surface area contributed by atoms with E-state index in [0.29, 0.717) is 18.0 Å². The van der Waals surface area contributed by atoms with Crippen LogP contribution in [0.2, 0.25) is 0 Å². The average Bonchev–Trinajstić information content (AvgIpc) is 2.92. The molecule has 0 atom stereocenters. The lowest BCUT2D eigenvalue weighted by atomic mass is 9.96. The fraction of sp³-hybridized carbons (Fsp3) is 0.281. The van der Waals surface area contributed by atoms with Gasteiger partial charge in [-0.2, -0.15) is 0 Å². The number of hydrogen-bond acceptors (Lipinski definition) is 6. The summed E-state index contributed by atoms with van der Waals surface area (Å²) in [6.07, 6.45) is 1.95. The van der Waals surface area contributed by atoms with Crippen LogP contribution in [0.1, 0.15) is 29.7 Å². The molecule has 0 radical (unpaired) electrons. The molecule has 0 spiro atoms. The number of carboxylic acid groups (broad SMARTS) is 1. The number of carboxylic acids is 1. The predicted molar refractivity (Wildman–Crippen MR) is 148 cm³/mol. The molecule has 1 fully saturated rings. The Bertz CT molecular complexity index is 1320. The molecule has 3 aromatic rings. The second kappa shape index (κ2) is 14.7. The molecule has 6 nitrogen and oxygen atoms in total. The zero-order chi connectivity index (χ0) is 26.7. The van der Waals surface area contributed by atoms with E-state index in [1.54, 1.807) is 30.3 Å². The predicted octanol–water partition coefficient (Wildman–Crippen LogP) is 4.09. The Morgan fingerprint density at radius 1 is 1.03 bits per heavy atom. The zero-order valence-electron chi connectivity index (χ0n) is 21.2. The number of ether oxygens (including phenoxy) is 3. The van der Waals surface area contributed by atoms with Crippen molar-refractivity contribution in [2.24, 2.45) is 0 Å². The van der Waals surface area contributed by atoms with E-state index in [0.717, 1.165) is 54.1 Å². The van der Waals surface area contributed by atoms with Crippen LogP contribution in [-0.2, 0) is 9.53 Å². The quantitative estimate of drug-likeness (QED) is 0.388. The Labute approximate surface area is 229 Å². The lowest BCUT2D eigenvalue weighted by Gasteiger charge is -2.24. The highest BCUT2D eigenvalue weighted by Crippen LogP contribution is 2.26. The first-order valence-electron chi connectivity index (χ1n) is 12.4. The van der Waals surface area contributed by atoms with Crippen LogP contribution in [0.15, 0.2) is 72.8 Å². The zero-order valence-corrected chi connectivity index (χ0v) is 21.2. The van der Waals surface area contributed by atoms with E-state index in [1.807, 2.05) is 37.3 Å². The summed E-state index contributed by atoms with van der Waals surface area (Å²) in [6, 6.07) is 19.5. The van der Waals surface area contributed by atoms with Crippen molar-refractivity contribution in [3.05, 3.63) is 101 Å². The molecule has 204 valence electrons. The highest BCUT2D eigenvalue weighted by Gasteiger charge is 2.09. The standard InChI is InChI=1S/C31H30FNO5.CH4/c1-23-21-28(12-13-30(23)38-22-31(34)35)37-18-14-29(26-8-10-27(32)11-9-26)25-6-4-24(5-7-25)3-2-15-33-16-19-36-20-17-33;/h4-14,21H,15-20,22H2,1H3,(H,34,35);1H4/p-1/b29-14+;. The van der Waals surface area contributed by atoms with E-state index >= 15 is 0 Å². The molecule has 0 amide bonds. The highest BCUT2D eigenvalue weighted by atomic mass is 19.1. The third kappa shape index (κ3) is 8.99. The molecule has 1 saturated heterocycles. The van der Waals surface area contributed by atoms with Crippen LogP contribution in [0.3, 0.4) is 0 Å². The van der Waals surface area contributed by atoms with Gasteiger partial charge in [-0.05, 0) is 77.7 Å². The number of morpholine rings is 1. The average molecular weight is 531 g/mol. The van der Waals surface area contributed by atoms with Crippen molar-refractivity contribution in [3.63, 3.8) is 0 Å². The van der Waals surface area contributed by atoms with Gasteiger partial charge < -0.3 is 24.1 Å². The smallest absolute Gasteiger partial charge is 0.128 e. The van der Waals surface area contributed by atoms with Crippen molar-refractivity contribution >= 4 is 11.5 Å². The maximum Gasteiger partial charge on any atom is 0.128 e. The SMILES string of the molecule is C.Cc1cc(OC/C=C(/c2ccc(F)cc2)c2ccc(C#CCN3CCOCC3)cc2)ccc1OCC(=O)[O-]. The molecule has 0 N–H and O–H groups in total. The Hall–Kier alpha value is -4.12. The Balaban J connectivity index is 0.00000420. The third-order valence-corrected chi connectivity index (χ3v) is 6.02. The summed E-state index contributed by atoms with van der Waals surface area (Å²) in [5, 5.41) is 10.6. The number of hydrogen-bond donors (Lipinski definition) is 0. The topological polar surface area (TPSA) is 71.1 Å². The third-order valence-electron chi connectivity index (χ3n) is 6.02. The molecule has 0 saturated carbocycles. The number of aryl methyl sites for hydroxylation is 1. The summed E-state index contributed by atoms with van der Waals surface area (Å²) >= 11 is 0. The molecular weight excluding hydrogens is 497 g/mol. The van der Waals surface area contributed by atoms with Gasteiger partial charge in [0.2, 0.25) is 0 Å². The van der Waals surface area contributed by atoms with Crippen LogP contribution >= 0.6 is 0 Å². The molecule has 1 heterocycles. The van der Waals surface area contributed by atoms with Crippen LogP contribution < -0.4 is 14.6 Å². The van der Waals surface area contributed by atoms with Gasteiger partial charge in [0, 0.05) is 18.7 Å². The molecule has 0 unspecified atom stereocenters. The van der Waals surface area contributed by atoms with Gasteiger partial charge in [-0.3, -0.25) is 4.90 Å². The normalized spacial score (nSPS) is 13.5. The number of aliphatic carboxylic acids is 1. The fourth-order valence-electron chi connectivity index (χ4n) is 4.01. The van der Waals surface area contributed by atoms with Crippen LogP contribution in [0, 0.1) is 24.6 Å². The van der Waals surface area contributed by atoms with E-state index in [4.69, 9.17) is 14.2 Å². The molecule has 0 aromatic heterocycles. The minimum absolute atomic E-state index is 0. The molecule has 39 heavy (non-hydrogen) atoms. The number of carbonyl (C=O) groups excluding carboxylic acids is 1. The van der Waals surface area contributed by atoms with Crippen molar-refractivity contribution in [2.45, 2.75) is 14.4 Å². The first-order chi connectivity index (χ1) is 18.5. The van der Waals surface area contributed by atoms with E-state index in [9.17, 15) is 14.3 Å². The molecular formula is C32H33FNO5-. The molecule has 3 aromatic carbocycles. The summed E-state index contributed by atoms with van der Waals surface area (Å²) in [4.78, 5) is 12.9. The number of benzene rings is 3. The Morgan fingerprint density at radius 2 is 1.69 bits per heavy atom. The van der Waals surface area contributed by atoms with Crippen LogP contribution in [0.4, 0.5) is 4.39 Å². The first kappa shape index (κ1) is 29.4. The van der Waals surface area contributed by atoms with Gasteiger partial charge in [0.1, 0.15) is 30.5 Å². The van der Waals surface area contributed by atoms with Gasteiger partial charge in [-0.15, -0.1) is 0 Å². The lowest BCUT2D eigenvalue weighted by molar-refractivity contribution is -0.307. The van der Waals surface area contributed by atoms with E-state index in [1.165, 1.54) is 12.1 Å². The van der Waals surface area contributed by atoms with Crippen LogP contribution in [0.5, 0.6) is 11.5 Å². The molecule has 1 aliphatic heterocycles. The van der Waals surface area contributed by atoms with Gasteiger partial charge >= 0.3 is 0 Å². The monoisotopic (exact) mass is 530 g/mol. The molecule has 0 bridgehead atoms. The maximum absolute atomic E-state index is 13.6. The van der Waals surface area contributed by atoms with Gasteiger partial charge in [-0.25, -0.2) is 4.39 Å². The largest absolute Gasteiger partial charge is 0.546 e. The molecule has 0 aliphatic carbocycles. The number of rotatable bonds is 9. The number of nitrogens with zero attached hydrogens (tertiary/aromatic N) is 1. The highest BCUT2D eigenvalue weighted by molar-refractivity contribution is 5.80. The van der Waals surface area contributed by atoms with Crippen LogP contribution in [-0.4, -0.2) is 56.9 Å². The fourth-order valence-corrected chi connectivity index (χ4v) is 4.01. The van der Waals surface area contributed by atoms with Crippen molar-refractivity contribution in [1.82, 2.24) is 4.90 Å². The summed E-state index contributed by atoms with van der Waals surface area (Å²) in [6.45, 7) is 5.60. The van der Waals surface area contributed by atoms with Gasteiger partial charge in [-0.1, -0.05) is 43.5 Å². The minimum atomic E-state index is -1.28. The molecule has 4 rings (SSSR count). The van der Waals surface area contributed by atoms with E-state index in [-0.39, 0.29) is 19.9 Å². The van der Waals surface area contributed by atoms with Crippen molar-refractivity contribution in [2.75, 3.05) is 46.1 Å². The maximum atomic E-state index is 13.6. The Kier molecular flexibility index (Phi) is 11.1. The van der Waals surface area contributed by atoms with Gasteiger partial charge in [0.05, 0.1) is 25.7 Å². The second-order valence-electron chi connectivity index (χ2n) is 8.79. The second-order valence-corrected chi connectivity index (χ2v) is 8.79. The lowest BCUT2D eigenvalue weighted by Crippen LogP contribution is -2.36. The number of carbonyl (C=O) groups is 1. The van der Waals surface area contributed by atoms with Crippen LogP contribution in [0.25, 0.3) is 5.57 Å². The molecule has 7 heteroatoms. The Morgan fingerprint density at radius 3 is 2.33 bits per heavy atom. The number of halogens is 1. The summed E-state index contributed by atoms with van der Waals surface area (Å²) in [5.41, 5.74) is 4.40. The van der Waals surface area contributed by atoms with Gasteiger partial charge in [0.25, 0.3) is 0 Å². The first-order valence-corrected chi connectivity index (χ1v) is 12.4. The van der Waals surface area contributed by atoms with Crippen molar-refractivity contribution in [3.8, 4) is 23.3 Å². The van der Waals surface area contributed by atoms with Crippen molar-refractivity contribution < 1.29 is 28.5 Å².